The molecule has 88 valence electrons. The predicted octanol–water partition coefficient (Wildman–Crippen LogP) is 0.855. The third-order valence-electron chi connectivity index (χ3n) is 2.99. The van der Waals surface area contributed by atoms with E-state index in [0.29, 0.717) is 5.92 Å². The maximum atomic E-state index is 5.36. The van der Waals surface area contributed by atoms with Gasteiger partial charge in [0.25, 0.3) is 0 Å². The molecule has 1 aliphatic heterocycles. The Hall–Kier alpha value is -0.190. The molecule has 1 heterocycles. The highest BCUT2D eigenvalue weighted by Gasteiger charge is 2.21. The Balaban J connectivity index is 2.20. The van der Waals surface area contributed by atoms with E-state index in [9.17, 15) is 0 Å². The second-order valence-corrected chi connectivity index (χ2v) is 4.55. The number of piperidine rings is 1. The van der Waals surface area contributed by atoms with Gasteiger partial charge in [0.2, 0.25) is 0 Å². The van der Waals surface area contributed by atoms with E-state index in [-0.39, 0.29) is 0 Å². The molecule has 0 saturated carbocycles. The fourth-order valence-electron chi connectivity index (χ4n) is 2.01. The molecule has 0 aliphatic carbocycles. The summed E-state index contributed by atoms with van der Waals surface area (Å²) in [5, 5.41) is 6.46. The van der Waals surface area contributed by atoms with Gasteiger partial charge in [0.05, 0.1) is 4.99 Å². The van der Waals surface area contributed by atoms with Crippen molar-refractivity contribution in [3.8, 4) is 0 Å². The largest absolute Gasteiger partial charge is 0.380 e. The molecule has 1 aliphatic rings. The lowest BCUT2D eigenvalue weighted by atomic mass is 9.96. The molecule has 0 atom stereocenters. The van der Waals surface area contributed by atoms with E-state index in [1.807, 2.05) is 7.05 Å². The average Bonchev–Trinajstić information content (AvgIpc) is 2.27. The van der Waals surface area contributed by atoms with E-state index < -0.39 is 0 Å². The van der Waals surface area contributed by atoms with E-state index in [4.69, 9.17) is 12.2 Å². The Morgan fingerprint density at radius 1 is 1.40 bits per heavy atom. The SMILES string of the molecule is CCNC(=S)C1CCN(CCNC)CC1. The molecule has 0 aromatic rings. The average molecular weight is 229 g/mol. The number of rotatable bonds is 5. The minimum absolute atomic E-state index is 0.616. The first-order valence-electron chi connectivity index (χ1n) is 5.92. The van der Waals surface area contributed by atoms with E-state index in [0.717, 1.165) is 24.6 Å². The van der Waals surface area contributed by atoms with Crippen LogP contribution in [0, 0.1) is 5.92 Å². The van der Waals surface area contributed by atoms with Crippen LogP contribution in [-0.4, -0.2) is 49.7 Å². The van der Waals surface area contributed by atoms with Gasteiger partial charge in [-0.25, -0.2) is 0 Å². The zero-order valence-corrected chi connectivity index (χ0v) is 10.7. The van der Waals surface area contributed by atoms with Crippen molar-refractivity contribution in [2.24, 2.45) is 5.92 Å². The van der Waals surface area contributed by atoms with Crippen molar-refractivity contribution in [1.29, 1.82) is 0 Å². The highest BCUT2D eigenvalue weighted by molar-refractivity contribution is 7.80. The molecule has 1 saturated heterocycles. The van der Waals surface area contributed by atoms with Crippen molar-refractivity contribution < 1.29 is 0 Å². The maximum Gasteiger partial charge on any atom is 0.0785 e. The Morgan fingerprint density at radius 3 is 2.60 bits per heavy atom. The Bertz CT molecular complexity index is 188. The first kappa shape index (κ1) is 12.9. The van der Waals surface area contributed by atoms with Gasteiger partial charge in [0.1, 0.15) is 0 Å². The monoisotopic (exact) mass is 229 g/mol. The Morgan fingerprint density at radius 2 is 2.07 bits per heavy atom. The van der Waals surface area contributed by atoms with Crippen LogP contribution in [0.5, 0.6) is 0 Å². The van der Waals surface area contributed by atoms with Crippen LogP contribution in [0.2, 0.25) is 0 Å². The van der Waals surface area contributed by atoms with Gasteiger partial charge in [-0.05, 0) is 39.9 Å². The first-order valence-corrected chi connectivity index (χ1v) is 6.33. The molecule has 1 rings (SSSR count). The third kappa shape index (κ3) is 4.45. The first-order chi connectivity index (χ1) is 7.27. The molecule has 2 N–H and O–H groups in total. The van der Waals surface area contributed by atoms with Gasteiger partial charge in [-0.15, -0.1) is 0 Å². The van der Waals surface area contributed by atoms with E-state index in [1.54, 1.807) is 0 Å². The van der Waals surface area contributed by atoms with Crippen molar-refractivity contribution in [1.82, 2.24) is 15.5 Å². The third-order valence-corrected chi connectivity index (χ3v) is 3.47. The number of likely N-dealkylation sites (N-methyl/N-ethyl adjacent to an activating group) is 1. The predicted molar refractivity (Wildman–Crippen MR) is 69.4 cm³/mol. The minimum Gasteiger partial charge on any atom is -0.380 e. The van der Waals surface area contributed by atoms with Gasteiger partial charge >= 0.3 is 0 Å². The summed E-state index contributed by atoms with van der Waals surface area (Å²) in [7, 11) is 2.01. The maximum absolute atomic E-state index is 5.36. The summed E-state index contributed by atoms with van der Waals surface area (Å²) < 4.78 is 0. The zero-order chi connectivity index (χ0) is 11.1. The quantitative estimate of drug-likeness (QED) is 0.684. The van der Waals surface area contributed by atoms with Gasteiger partial charge in [-0.2, -0.15) is 0 Å². The summed E-state index contributed by atoms with van der Waals surface area (Å²) >= 11 is 5.36. The van der Waals surface area contributed by atoms with E-state index in [2.05, 4.69) is 22.5 Å². The summed E-state index contributed by atoms with van der Waals surface area (Å²) in [5.41, 5.74) is 0. The molecule has 0 spiro atoms. The number of nitrogens with one attached hydrogen (secondary N) is 2. The molecule has 15 heavy (non-hydrogen) atoms. The van der Waals surface area contributed by atoms with Gasteiger partial charge in [-0.1, -0.05) is 12.2 Å². The number of thiocarbonyl (C=S) groups is 1. The minimum atomic E-state index is 0.616. The molecule has 1 fully saturated rings. The fraction of sp³-hybridized carbons (Fsp3) is 0.909. The second-order valence-electron chi connectivity index (χ2n) is 4.11. The van der Waals surface area contributed by atoms with Crippen LogP contribution in [0.3, 0.4) is 0 Å². The molecule has 0 aromatic carbocycles. The summed E-state index contributed by atoms with van der Waals surface area (Å²) in [6, 6.07) is 0. The molecule has 0 bridgehead atoms. The topological polar surface area (TPSA) is 27.3 Å². The molecule has 3 nitrogen and oxygen atoms in total. The molecular formula is C11H23N3S. The second kappa shape index (κ2) is 7.14. The van der Waals surface area contributed by atoms with Gasteiger partial charge in [-0.3, -0.25) is 0 Å². The van der Waals surface area contributed by atoms with Crippen LogP contribution < -0.4 is 10.6 Å². The van der Waals surface area contributed by atoms with Crippen LogP contribution in [0.25, 0.3) is 0 Å². The van der Waals surface area contributed by atoms with Crippen molar-refractivity contribution in [3.05, 3.63) is 0 Å². The zero-order valence-electron chi connectivity index (χ0n) is 9.88. The molecule has 4 heteroatoms. The van der Waals surface area contributed by atoms with Gasteiger partial charge < -0.3 is 15.5 Å². The van der Waals surface area contributed by atoms with E-state index >= 15 is 0 Å². The van der Waals surface area contributed by atoms with Crippen molar-refractivity contribution in [2.75, 3.05) is 39.8 Å². The summed E-state index contributed by atoms with van der Waals surface area (Å²) in [6.07, 6.45) is 2.44. The number of hydrogen-bond acceptors (Lipinski definition) is 3. The molecular weight excluding hydrogens is 206 g/mol. The normalized spacial score (nSPS) is 19.1. The van der Waals surface area contributed by atoms with Crippen LogP contribution in [0.15, 0.2) is 0 Å². The van der Waals surface area contributed by atoms with Crippen LogP contribution in [-0.2, 0) is 0 Å². The summed E-state index contributed by atoms with van der Waals surface area (Å²) in [6.45, 7) is 7.70. The molecule has 0 aromatic heterocycles. The van der Waals surface area contributed by atoms with Gasteiger partial charge in [0, 0.05) is 25.6 Å². The summed E-state index contributed by atoms with van der Waals surface area (Å²) in [4.78, 5) is 3.59. The van der Waals surface area contributed by atoms with Crippen LogP contribution in [0.1, 0.15) is 19.8 Å². The highest BCUT2D eigenvalue weighted by atomic mass is 32.1. The molecule has 0 amide bonds. The van der Waals surface area contributed by atoms with Crippen LogP contribution >= 0.6 is 12.2 Å². The highest BCUT2D eigenvalue weighted by Crippen LogP contribution is 2.17. The number of nitrogens with zero attached hydrogens (tertiary/aromatic N) is 1. The summed E-state index contributed by atoms with van der Waals surface area (Å²) in [5.74, 6) is 0.616. The van der Waals surface area contributed by atoms with Crippen molar-refractivity contribution >= 4 is 17.2 Å². The Kier molecular flexibility index (Phi) is 6.13. The van der Waals surface area contributed by atoms with E-state index in [1.165, 1.54) is 25.9 Å². The molecule has 0 unspecified atom stereocenters. The van der Waals surface area contributed by atoms with Crippen LogP contribution in [0.4, 0.5) is 0 Å². The van der Waals surface area contributed by atoms with Crippen molar-refractivity contribution in [2.45, 2.75) is 19.8 Å². The lowest BCUT2D eigenvalue weighted by Crippen LogP contribution is -2.41. The smallest absolute Gasteiger partial charge is 0.0785 e. The Labute approximate surface area is 98.6 Å². The lowest BCUT2D eigenvalue weighted by molar-refractivity contribution is 0.211. The fourth-order valence-corrected chi connectivity index (χ4v) is 2.39. The molecule has 0 radical (unpaired) electrons. The number of likely N-dealkylation sites (tertiary alicyclic amines) is 1. The van der Waals surface area contributed by atoms with Crippen molar-refractivity contribution in [3.63, 3.8) is 0 Å². The lowest BCUT2D eigenvalue weighted by Gasteiger charge is -2.32. The number of hydrogen-bond donors (Lipinski definition) is 2. The standard InChI is InChI=1S/C11H23N3S/c1-3-13-11(15)10-4-7-14(8-5-10)9-6-12-2/h10,12H,3-9H2,1-2H3,(H,13,15). The van der Waals surface area contributed by atoms with Gasteiger partial charge in [0.15, 0.2) is 0 Å².